The number of nitrogens with zero attached hydrogens (tertiary/aromatic N) is 7. The van der Waals surface area contributed by atoms with E-state index in [-0.39, 0.29) is 5.91 Å². The Balaban J connectivity index is 1.38. The fourth-order valence-electron chi connectivity index (χ4n) is 4.00. The van der Waals surface area contributed by atoms with Gasteiger partial charge in [-0.15, -0.1) is 5.10 Å². The minimum Gasteiger partial charge on any atom is -0.338 e. The Morgan fingerprint density at radius 1 is 1.24 bits per heavy atom. The molecule has 0 aromatic carbocycles. The van der Waals surface area contributed by atoms with Gasteiger partial charge in [0, 0.05) is 51.0 Å². The van der Waals surface area contributed by atoms with Crippen molar-refractivity contribution in [1.29, 1.82) is 0 Å². The molecule has 3 saturated heterocycles. The standard InChI is InChI=1S/C17H23N7O/c25-17(5-7-23-13-19-20-21-23)24-11-15-3-4-16(24)12-22(10-15)9-14-2-1-6-18-8-14/h1-2,6,8,13,15-16H,3-5,7,9-12H2/t15-,16+/m1/s1. The SMILES string of the molecule is O=C(CCn1cnnn1)N1C[C@@H]2CC[C@H]1CN(Cc1cccnc1)C2. The second-order valence-electron chi connectivity index (χ2n) is 7.02. The molecule has 0 saturated carbocycles. The summed E-state index contributed by atoms with van der Waals surface area (Å²) < 4.78 is 1.61. The van der Waals surface area contributed by atoms with E-state index in [1.54, 1.807) is 17.2 Å². The Morgan fingerprint density at radius 3 is 3.00 bits per heavy atom. The smallest absolute Gasteiger partial charge is 0.224 e. The van der Waals surface area contributed by atoms with E-state index in [1.165, 1.54) is 12.0 Å². The number of aryl methyl sites for hydroxylation is 1. The van der Waals surface area contributed by atoms with E-state index in [0.717, 1.165) is 32.6 Å². The molecule has 3 aliphatic rings. The molecule has 132 valence electrons. The molecular formula is C17H23N7O. The average Bonchev–Trinajstić information content (AvgIpc) is 3.01. The van der Waals surface area contributed by atoms with Gasteiger partial charge in [-0.2, -0.15) is 0 Å². The van der Waals surface area contributed by atoms with Crippen molar-refractivity contribution in [1.82, 2.24) is 35.0 Å². The number of piperidine rings is 1. The number of hydrogen-bond donors (Lipinski definition) is 0. The van der Waals surface area contributed by atoms with Crippen LogP contribution in [0.5, 0.6) is 0 Å². The van der Waals surface area contributed by atoms with Crippen molar-refractivity contribution >= 4 is 5.91 Å². The highest BCUT2D eigenvalue weighted by atomic mass is 16.2. The van der Waals surface area contributed by atoms with Gasteiger partial charge in [-0.1, -0.05) is 6.07 Å². The quantitative estimate of drug-likeness (QED) is 0.791. The molecule has 5 rings (SSSR count). The maximum Gasteiger partial charge on any atom is 0.224 e. The molecule has 8 nitrogen and oxygen atoms in total. The predicted octanol–water partition coefficient (Wildman–Crippen LogP) is 0.581. The Hall–Kier alpha value is -2.35. The number of aromatic nitrogens is 5. The zero-order valence-electron chi connectivity index (χ0n) is 14.2. The molecule has 8 heteroatoms. The molecule has 0 N–H and O–H groups in total. The van der Waals surface area contributed by atoms with Gasteiger partial charge in [0.25, 0.3) is 0 Å². The fraction of sp³-hybridized carbons (Fsp3) is 0.588. The van der Waals surface area contributed by atoms with Crippen molar-refractivity contribution in [3.63, 3.8) is 0 Å². The highest BCUT2D eigenvalue weighted by Gasteiger charge is 2.36. The molecule has 5 heterocycles. The molecule has 3 fully saturated rings. The summed E-state index contributed by atoms with van der Waals surface area (Å²) in [6.45, 7) is 4.33. The summed E-state index contributed by atoms with van der Waals surface area (Å²) in [7, 11) is 0. The summed E-state index contributed by atoms with van der Waals surface area (Å²) >= 11 is 0. The van der Waals surface area contributed by atoms with E-state index < -0.39 is 0 Å². The number of carbonyl (C=O) groups is 1. The Morgan fingerprint density at radius 2 is 2.20 bits per heavy atom. The summed E-state index contributed by atoms with van der Waals surface area (Å²) in [6, 6.07) is 4.42. The topological polar surface area (TPSA) is 80.0 Å². The second kappa shape index (κ2) is 7.26. The predicted molar refractivity (Wildman–Crippen MR) is 90.2 cm³/mol. The minimum absolute atomic E-state index is 0.216. The van der Waals surface area contributed by atoms with E-state index in [1.807, 2.05) is 12.3 Å². The van der Waals surface area contributed by atoms with Crippen LogP contribution in [0.3, 0.4) is 0 Å². The molecule has 1 amide bonds. The highest BCUT2D eigenvalue weighted by Crippen LogP contribution is 2.29. The zero-order chi connectivity index (χ0) is 17.1. The first kappa shape index (κ1) is 16.1. The average molecular weight is 341 g/mol. The first-order valence-electron chi connectivity index (χ1n) is 8.89. The lowest BCUT2D eigenvalue weighted by atomic mass is 9.94. The van der Waals surface area contributed by atoms with Crippen LogP contribution < -0.4 is 0 Å². The number of hydrogen-bond acceptors (Lipinski definition) is 6. The molecule has 0 spiro atoms. The summed E-state index contributed by atoms with van der Waals surface area (Å²) in [5.74, 6) is 0.779. The number of pyridine rings is 1. The lowest BCUT2D eigenvalue weighted by Gasteiger charge is -2.36. The Labute approximate surface area is 146 Å². The third-order valence-corrected chi connectivity index (χ3v) is 5.18. The van der Waals surface area contributed by atoms with Crippen LogP contribution in [0.1, 0.15) is 24.8 Å². The summed E-state index contributed by atoms with van der Waals surface area (Å²) in [4.78, 5) is 21.5. The van der Waals surface area contributed by atoms with Gasteiger partial charge in [0.05, 0.1) is 6.54 Å². The Bertz CT molecular complexity index is 690. The van der Waals surface area contributed by atoms with E-state index in [0.29, 0.717) is 24.9 Å². The van der Waals surface area contributed by atoms with Gasteiger partial charge >= 0.3 is 0 Å². The number of carbonyl (C=O) groups excluding carboxylic acids is 1. The minimum atomic E-state index is 0.216. The van der Waals surface area contributed by atoms with Gasteiger partial charge in [0.2, 0.25) is 5.91 Å². The molecule has 2 aromatic heterocycles. The first-order chi connectivity index (χ1) is 12.3. The summed E-state index contributed by atoms with van der Waals surface area (Å²) in [5.41, 5.74) is 1.24. The van der Waals surface area contributed by atoms with Crippen LogP contribution in [-0.2, 0) is 17.9 Å². The van der Waals surface area contributed by atoms with Crippen molar-refractivity contribution in [2.75, 3.05) is 19.6 Å². The van der Waals surface area contributed by atoms with Crippen LogP contribution in [0.15, 0.2) is 30.9 Å². The number of fused-ring (bicyclic) bond motifs is 4. The monoisotopic (exact) mass is 341 g/mol. The number of rotatable bonds is 5. The molecule has 2 aromatic rings. The van der Waals surface area contributed by atoms with Crippen LogP contribution in [0.4, 0.5) is 0 Å². The molecule has 25 heavy (non-hydrogen) atoms. The van der Waals surface area contributed by atoms with Crippen molar-refractivity contribution in [2.45, 2.75) is 38.4 Å². The van der Waals surface area contributed by atoms with Gasteiger partial charge in [0.1, 0.15) is 6.33 Å². The molecule has 0 unspecified atom stereocenters. The molecule has 3 aliphatic heterocycles. The van der Waals surface area contributed by atoms with E-state index >= 15 is 0 Å². The van der Waals surface area contributed by atoms with Crippen LogP contribution in [0.25, 0.3) is 0 Å². The number of tetrazole rings is 1. The normalized spacial score (nSPS) is 23.6. The molecule has 2 bridgehead atoms. The van der Waals surface area contributed by atoms with Crippen molar-refractivity contribution in [3.8, 4) is 0 Å². The highest BCUT2D eigenvalue weighted by molar-refractivity contribution is 5.76. The molecule has 2 atom stereocenters. The molecular weight excluding hydrogens is 318 g/mol. The lowest BCUT2D eigenvalue weighted by Crippen LogP contribution is -2.47. The van der Waals surface area contributed by atoms with Gasteiger partial charge in [-0.25, -0.2) is 4.68 Å². The second-order valence-corrected chi connectivity index (χ2v) is 7.02. The van der Waals surface area contributed by atoms with Crippen LogP contribution in [0.2, 0.25) is 0 Å². The maximum atomic E-state index is 12.7. The van der Waals surface area contributed by atoms with Crippen molar-refractivity contribution in [2.24, 2.45) is 5.92 Å². The van der Waals surface area contributed by atoms with E-state index in [2.05, 4.69) is 36.4 Å². The van der Waals surface area contributed by atoms with Crippen LogP contribution in [0, 0.1) is 5.92 Å². The van der Waals surface area contributed by atoms with Crippen molar-refractivity contribution < 1.29 is 4.79 Å². The van der Waals surface area contributed by atoms with E-state index in [4.69, 9.17) is 0 Å². The van der Waals surface area contributed by atoms with Gasteiger partial charge in [-0.05, 0) is 40.8 Å². The maximum absolute atomic E-state index is 12.7. The van der Waals surface area contributed by atoms with Gasteiger partial charge in [0.15, 0.2) is 0 Å². The fourth-order valence-corrected chi connectivity index (χ4v) is 4.00. The van der Waals surface area contributed by atoms with Gasteiger partial charge in [-0.3, -0.25) is 14.7 Å². The third kappa shape index (κ3) is 3.84. The van der Waals surface area contributed by atoms with Crippen molar-refractivity contribution in [3.05, 3.63) is 36.4 Å². The van der Waals surface area contributed by atoms with Crippen LogP contribution >= 0.6 is 0 Å². The molecule has 0 aliphatic carbocycles. The molecule has 0 radical (unpaired) electrons. The number of amides is 1. The first-order valence-corrected chi connectivity index (χ1v) is 8.89. The van der Waals surface area contributed by atoms with Gasteiger partial charge < -0.3 is 4.90 Å². The zero-order valence-corrected chi connectivity index (χ0v) is 14.2. The lowest BCUT2D eigenvalue weighted by molar-refractivity contribution is -0.135. The van der Waals surface area contributed by atoms with Crippen LogP contribution in [-0.4, -0.2) is 66.6 Å². The largest absolute Gasteiger partial charge is 0.338 e. The Kier molecular flexibility index (Phi) is 4.69. The summed E-state index contributed by atoms with van der Waals surface area (Å²) in [5, 5.41) is 11.1. The third-order valence-electron chi connectivity index (χ3n) is 5.18. The van der Waals surface area contributed by atoms with E-state index in [9.17, 15) is 4.79 Å². The summed E-state index contributed by atoms with van der Waals surface area (Å²) in [6.07, 6.45) is 8.06.